The summed E-state index contributed by atoms with van der Waals surface area (Å²) in [5.74, 6) is 1.65. The van der Waals surface area contributed by atoms with Crippen molar-refractivity contribution in [1.82, 2.24) is 10.1 Å². The second-order valence-electron chi connectivity index (χ2n) is 5.42. The van der Waals surface area contributed by atoms with Gasteiger partial charge in [0, 0.05) is 5.02 Å². The molecular formula is C15H19Cl2N3O2. The number of ether oxygens (including phenoxy) is 1. The summed E-state index contributed by atoms with van der Waals surface area (Å²) in [5.41, 5.74) is 6.49. The molecule has 0 unspecified atom stereocenters. The Bertz CT molecular complexity index is 641. The minimum atomic E-state index is -0.440. The van der Waals surface area contributed by atoms with Gasteiger partial charge in [0.15, 0.2) is 5.82 Å². The first-order valence-electron chi connectivity index (χ1n) is 7.18. The predicted molar refractivity (Wildman–Crippen MR) is 87.5 cm³/mol. The monoisotopic (exact) mass is 343 g/mol. The average Bonchev–Trinajstić information content (AvgIpc) is 2.93. The first-order chi connectivity index (χ1) is 10.1. The molecule has 1 heterocycles. The van der Waals surface area contributed by atoms with Gasteiger partial charge in [0.05, 0.1) is 17.7 Å². The second kappa shape index (κ2) is 6.86. The van der Waals surface area contributed by atoms with Crippen LogP contribution in [0.25, 0.3) is 11.5 Å². The lowest BCUT2D eigenvalue weighted by molar-refractivity contribution is 0.229. The van der Waals surface area contributed by atoms with E-state index in [0.717, 1.165) is 25.7 Å². The molecule has 2 N–H and O–H groups in total. The number of benzene rings is 1. The van der Waals surface area contributed by atoms with Gasteiger partial charge in [0.1, 0.15) is 5.75 Å². The van der Waals surface area contributed by atoms with Gasteiger partial charge in [-0.15, -0.1) is 12.4 Å². The quantitative estimate of drug-likeness (QED) is 0.889. The van der Waals surface area contributed by atoms with Crippen LogP contribution in [-0.4, -0.2) is 16.7 Å². The van der Waals surface area contributed by atoms with Crippen molar-refractivity contribution in [2.75, 3.05) is 6.61 Å². The zero-order valence-electron chi connectivity index (χ0n) is 12.3. The standard InChI is InChI=1S/C15H18ClN3O2.ClH/c1-2-8-20-12-5-4-10(16)9-11(12)13-18-14(19-21-13)15(17)6-3-7-15;/h4-5,9H,2-3,6-8,17H2,1H3;1H. The maximum atomic E-state index is 6.22. The summed E-state index contributed by atoms with van der Waals surface area (Å²) in [6.07, 6.45) is 3.80. The van der Waals surface area contributed by atoms with E-state index in [9.17, 15) is 0 Å². The Balaban J connectivity index is 0.00000176. The molecule has 2 aromatic rings. The minimum Gasteiger partial charge on any atom is -0.493 e. The molecule has 0 atom stereocenters. The van der Waals surface area contributed by atoms with Crippen LogP contribution in [0.15, 0.2) is 22.7 Å². The van der Waals surface area contributed by atoms with Crippen molar-refractivity contribution in [2.45, 2.75) is 38.1 Å². The Kier molecular flexibility index (Phi) is 5.32. The van der Waals surface area contributed by atoms with Crippen LogP contribution >= 0.6 is 24.0 Å². The molecule has 7 heteroatoms. The van der Waals surface area contributed by atoms with Crippen LogP contribution in [0, 0.1) is 0 Å². The molecule has 0 amide bonds. The maximum Gasteiger partial charge on any atom is 0.261 e. The molecule has 0 saturated heterocycles. The first-order valence-corrected chi connectivity index (χ1v) is 7.56. The van der Waals surface area contributed by atoms with Crippen molar-refractivity contribution in [1.29, 1.82) is 0 Å². The van der Waals surface area contributed by atoms with Crippen molar-refractivity contribution >= 4 is 24.0 Å². The fourth-order valence-corrected chi connectivity index (χ4v) is 2.50. The third-order valence-corrected chi connectivity index (χ3v) is 3.99. The zero-order chi connectivity index (χ0) is 14.9. The van der Waals surface area contributed by atoms with Crippen LogP contribution < -0.4 is 10.5 Å². The van der Waals surface area contributed by atoms with Gasteiger partial charge in [0.2, 0.25) is 0 Å². The van der Waals surface area contributed by atoms with Crippen LogP contribution in [0.5, 0.6) is 5.75 Å². The highest BCUT2D eigenvalue weighted by atomic mass is 35.5. The van der Waals surface area contributed by atoms with Gasteiger partial charge in [-0.25, -0.2) is 0 Å². The SMILES string of the molecule is CCCOc1ccc(Cl)cc1-c1nc(C2(N)CCC2)no1.Cl. The molecule has 0 radical (unpaired) electrons. The summed E-state index contributed by atoms with van der Waals surface area (Å²) >= 11 is 6.07. The first kappa shape index (κ1) is 17.1. The number of aromatic nitrogens is 2. The third kappa shape index (κ3) is 3.21. The van der Waals surface area contributed by atoms with E-state index >= 15 is 0 Å². The summed E-state index contributed by atoms with van der Waals surface area (Å²) in [5, 5.41) is 4.62. The van der Waals surface area contributed by atoms with E-state index < -0.39 is 5.54 Å². The lowest BCUT2D eigenvalue weighted by Gasteiger charge is -2.34. The second-order valence-corrected chi connectivity index (χ2v) is 5.86. The Hall–Kier alpha value is -1.30. The van der Waals surface area contributed by atoms with Gasteiger partial charge in [0.25, 0.3) is 5.89 Å². The van der Waals surface area contributed by atoms with Crippen LogP contribution in [0.1, 0.15) is 38.4 Å². The zero-order valence-corrected chi connectivity index (χ0v) is 13.9. The molecule has 3 rings (SSSR count). The molecule has 1 saturated carbocycles. The Labute approximate surface area is 140 Å². The molecule has 0 aliphatic heterocycles. The number of hydrogen-bond acceptors (Lipinski definition) is 5. The smallest absolute Gasteiger partial charge is 0.261 e. The Morgan fingerprint density at radius 2 is 2.18 bits per heavy atom. The molecule has 1 aromatic carbocycles. The summed E-state index contributed by atoms with van der Waals surface area (Å²) in [6.45, 7) is 2.67. The molecule has 22 heavy (non-hydrogen) atoms. The topological polar surface area (TPSA) is 74.2 Å². The van der Waals surface area contributed by atoms with Gasteiger partial charge in [-0.05, 0) is 43.9 Å². The molecule has 0 spiro atoms. The fraction of sp³-hybridized carbons (Fsp3) is 0.467. The van der Waals surface area contributed by atoms with Crippen molar-refractivity contribution in [3.05, 3.63) is 29.0 Å². The Morgan fingerprint density at radius 1 is 1.41 bits per heavy atom. The summed E-state index contributed by atoms with van der Waals surface area (Å²) in [4.78, 5) is 4.44. The number of hydrogen-bond donors (Lipinski definition) is 1. The van der Waals surface area contributed by atoms with E-state index in [1.165, 1.54) is 0 Å². The van der Waals surface area contributed by atoms with Gasteiger partial charge < -0.3 is 15.0 Å². The lowest BCUT2D eigenvalue weighted by atomic mass is 9.77. The molecule has 1 fully saturated rings. The summed E-state index contributed by atoms with van der Waals surface area (Å²) in [6, 6.07) is 5.37. The van der Waals surface area contributed by atoms with Gasteiger partial charge in [-0.2, -0.15) is 4.98 Å². The summed E-state index contributed by atoms with van der Waals surface area (Å²) in [7, 11) is 0. The van der Waals surface area contributed by atoms with Crippen molar-refractivity contribution in [3.8, 4) is 17.2 Å². The van der Waals surface area contributed by atoms with E-state index in [4.69, 9.17) is 26.6 Å². The normalized spacial score (nSPS) is 15.8. The number of halogens is 2. The molecule has 5 nitrogen and oxygen atoms in total. The fourth-order valence-electron chi connectivity index (χ4n) is 2.32. The molecular weight excluding hydrogens is 325 g/mol. The van der Waals surface area contributed by atoms with Crippen LogP contribution in [0.4, 0.5) is 0 Å². The van der Waals surface area contributed by atoms with Gasteiger partial charge >= 0.3 is 0 Å². The number of nitrogens with two attached hydrogens (primary N) is 1. The Morgan fingerprint density at radius 3 is 2.82 bits per heavy atom. The van der Waals surface area contributed by atoms with Crippen LogP contribution in [0.3, 0.4) is 0 Å². The summed E-state index contributed by atoms with van der Waals surface area (Å²) < 4.78 is 11.1. The van der Waals surface area contributed by atoms with E-state index in [-0.39, 0.29) is 12.4 Å². The molecule has 120 valence electrons. The van der Waals surface area contributed by atoms with Crippen molar-refractivity contribution in [3.63, 3.8) is 0 Å². The maximum absolute atomic E-state index is 6.22. The largest absolute Gasteiger partial charge is 0.493 e. The van der Waals surface area contributed by atoms with Crippen molar-refractivity contribution < 1.29 is 9.26 Å². The number of nitrogens with zero attached hydrogens (tertiary/aromatic N) is 2. The average molecular weight is 344 g/mol. The highest BCUT2D eigenvalue weighted by molar-refractivity contribution is 6.30. The lowest BCUT2D eigenvalue weighted by Crippen LogP contribution is -2.44. The van der Waals surface area contributed by atoms with Crippen LogP contribution in [-0.2, 0) is 5.54 Å². The highest BCUT2D eigenvalue weighted by Crippen LogP contribution is 2.39. The molecule has 0 bridgehead atoms. The highest BCUT2D eigenvalue weighted by Gasteiger charge is 2.39. The van der Waals surface area contributed by atoms with Gasteiger partial charge in [-0.3, -0.25) is 0 Å². The molecule has 1 aromatic heterocycles. The predicted octanol–water partition coefficient (Wildman–Crippen LogP) is 3.94. The van der Waals surface area contributed by atoms with Gasteiger partial charge in [-0.1, -0.05) is 23.7 Å². The van der Waals surface area contributed by atoms with Crippen molar-refractivity contribution in [2.24, 2.45) is 5.73 Å². The molecule has 1 aliphatic rings. The molecule has 1 aliphatic carbocycles. The number of rotatable bonds is 5. The van der Waals surface area contributed by atoms with E-state index in [0.29, 0.717) is 34.7 Å². The third-order valence-electron chi connectivity index (χ3n) is 3.75. The van der Waals surface area contributed by atoms with E-state index in [1.807, 2.05) is 6.07 Å². The van der Waals surface area contributed by atoms with E-state index in [2.05, 4.69) is 17.1 Å². The minimum absolute atomic E-state index is 0. The van der Waals surface area contributed by atoms with E-state index in [1.54, 1.807) is 12.1 Å². The van der Waals surface area contributed by atoms with Crippen LogP contribution in [0.2, 0.25) is 5.02 Å².